The van der Waals surface area contributed by atoms with Crippen molar-refractivity contribution in [2.45, 2.75) is 40.0 Å². The van der Waals surface area contributed by atoms with Crippen LogP contribution >= 0.6 is 11.6 Å². The number of carbonyl (C=O) groups is 2. The fourth-order valence-corrected chi connectivity index (χ4v) is 3.36. The molecule has 3 rings (SSSR count). The summed E-state index contributed by atoms with van der Waals surface area (Å²) in [6, 6.07) is 12.0. The van der Waals surface area contributed by atoms with Crippen molar-refractivity contribution < 1.29 is 19.1 Å². The third kappa shape index (κ3) is 6.36. The summed E-state index contributed by atoms with van der Waals surface area (Å²) in [4.78, 5) is 56.5. The highest BCUT2D eigenvalue weighted by atomic mass is 35.5. The maximum atomic E-state index is 13.3. The molecule has 184 valence electrons. The number of aryl methyl sites for hydroxylation is 1. The van der Waals surface area contributed by atoms with Gasteiger partial charge in [0.1, 0.15) is 12.3 Å². The number of hydrogen-bond acceptors (Lipinski definition) is 7. The van der Waals surface area contributed by atoms with E-state index in [0.29, 0.717) is 26.6 Å². The molecule has 1 heterocycles. The minimum absolute atomic E-state index is 0.00494. The molecule has 0 spiro atoms. The minimum Gasteiger partial charge on any atom is -0.491 e. The van der Waals surface area contributed by atoms with Crippen LogP contribution in [0.3, 0.4) is 0 Å². The fraction of sp³-hybridized carbons (Fsp3) is 0.292. The number of aromatic nitrogens is 3. The number of aromatic amines is 1. The van der Waals surface area contributed by atoms with Crippen LogP contribution in [0.15, 0.2) is 57.0 Å². The second kappa shape index (κ2) is 11.0. The molecule has 1 N–H and O–H groups in total. The van der Waals surface area contributed by atoms with Crippen molar-refractivity contribution in [3.63, 3.8) is 0 Å². The Bertz CT molecular complexity index is 1430. The number of esters is 1. The summed E-state index contributed by atoms with van der Waals surface area (Å²) >= 11 is 5.96. The van der Waals surface area contributed by atoms with Gasteiger partial charge in [0.05, 0.1) is 25.4 Å². The molecule has 0 aliphatic heterocycles. The van der Waals surface area contributed by atoms with E-state index in [1.165, 1.54) is 4.57 Å². The zero-order valence-electron chi connectivity index (χ0n) is 19.7. The van der Waals surface area contributed by atoms with Crippen molar-refractivity contribution in [3.05, 3.63) is 85.2 Å². The lowest BCUT2D eigenvalue weighted by atomic mass is 10.2. The number of carbonyl (C=O) groups excluding carboxylic acids is 2. The van der Waals surface area contributed by atoms with Gasteiger partial charge in [0.2, 0.25) is 5.62 Å². The number of methoxy groups -OCH3 is 1. The van der Waals surface area contributed by atoms with E-state index in [4.69, 9.17) is 16.3 Å². The highest BCUT2D eigenvalue weighted by molar-refractivity contribution is 6.33. The van der Waals surface area contributed by atoms with Crippen molar-refractivity contribution in [1.82, 2.24) is 14.1 Å². The average Bonchev–Trinajstić information content (AvgIpc) is 2.81. The summed E-state index contributed by atoms with van der Waals surface area (Å²) in [6.07, 6.45) is -0.00494. The predicted octanol–water partition coefficient (Wildman–Crippen LogP) is 2.11. The predicted molar refractivity (Wildman–Crippen MR) is 129 cm³/mol. The molecule has 0 bridgehead atoms. The number of rotatable bonds is 8. The van der Waals surface area contributed by atoms with E-state index in [1.54, 1.807) is 42.5 Å². The van der Waals surface area contributed by atoms with E-state index in [9.17, 15) is 19.2 Å². The molecule has 0 fully saturated rings. The summed E-state index contributed by atoms with van der Waals surface area (Å²) in [5.41, 5.74) is 0.243. The number of Topliss-reactive ketones (excluding diaryl/α,β-unsaturated/α-hetero) is 1. The smallest absolute Gasteiger partial charge is 0.376 e. The Hall–Kier alpha value is -3.92. The fourth-order valence-electron chi connectivity index (χ4n) is 3.23. The van der Waals surface area contributed by atoms with E-state index >= 15 is 0 Å². The second-order valence-electron chi connectivity index (χ2n) is 7.98. The Morgan fingerprint density at radius 3 is 2.37 bits per heavy atom. The van der Waals surface area contributed by atoms with Crippen LogP contribution in [0.1, 0.15) is 25.0 Å². The molecule has 0 saturated heterocycles. The van der Waals surface area contributed by atoms with Gasteiger partial charge in [0.15, 0.2) is 0 Å². The van der Waals surface area contributed by atoms with Gasteiger partial charge in [-0.1, -0.05) is 23.7 Å². The maximum Gasteiger partial charge on any atom is 0.376 e. The Morgan fingerprint density at radius 1 is 1.09 bits per heavy atom. The van der Waals surface area contributed by atoms with Crippen LogP contribution in [-0.4, -0.2) is 39.1 Å². The number of hydrogen-bond donors (Lipinski definition) is 1. The number of ketones is 1. The number of H-pyrrole nitrogens is 1. The highest BCUT2D eigenvalue weighted by Gasteiger charge is 2.19. The number of benzene rings is 2. The Kier molecular flexibility index (Phi) is 8.08. The van der Waals surface area contributed by atoms with E-state index < -0.39 is 29.7 Å². The maximum absolute atomic E-state index is 13.3. The van der Waals surface area contributed by atoms with Crippen LogP contribution in [0, 0.1) is 6.92 Å². The molecule has 2 aromatic carbocycles. The van der Waals surface area contributed by atoms with Crippen molar-refractivity contribution in [3.8, 4) is 5.75 Å². The highest BCUT2D eigenvalue weighted by Crippen LogP contribution is 2.24. The minimum atomic E-state index is -1.16. The second-order valence-corrected chi connectivity index (χ2v) is 8.41. The number of nitrogens with zero attached hydrogens (tertiary/aromatic N) is 3. The molecule has 0 radical (unpaired) electrons. The van der Waals surface area contributed by atoms with Crippen LogP contribution in [-0.2, 0) is 27.4 Å². The summed E-state index contributed by atoms with van der Waals surface area (Å²) < 4.78 is 11.9. The van der Waals surface area contributed by atoms with Crippen LogP contribution in [0.2, 0.25) is 5.02 Å². The van der Waals surface area contributed by atoms with Gasteiger partial charge in [-0.2, -0.15) is 0 Å². The van der Waals surface area contributed by atoms with Crippen LogP contribution in [0.25, 0.3) is 0 Å². The first-order chi connectivity index (χ1) is 16.6. The average molecular weight is 501 g/mol. The van der Waals surface area contributed by atoms with Gasteiger partial charge in [-0.25, -0.2) is 23.9 Å². The zero-order valence-corrected chi connectivity index (χ0v) is 20.5. The Balaban J connectivity index is 2.16. The van der Waals surface area contributed by atoms with E-state index in [-0.39, 0.29) is 18.3 Å². The van der Waals surface area contributed by atoms with Gasteiger partial charge >= 0.3 is 17.3 Å². The third-order valence-corrected chi connectivity index (χ3v) is 5.16. The quantitative estimate of drug-likeness (QED) is 0.373. The molecule has 0 saturated carbocycles. The van der Waals surface area contributed by atoms with Crippen molar-refractivity contribution in [2.24, 2.45) is 4.99 Å². The monoisotopic (exact) mass is 500 g/mol. The molecule has 0 aliphatic carbocycles. The van der Waals surface area contributed by atoms with Gasteiger partial charge in [-0.3, -0.25) is 14.3 Å². The molecule has 1 aromatic heterocycles. The van der Waals surface area contributed by atoms with Gasteiger partial charge in [-0.05, 0) is 62.2 Å². The first kappa shape index (κ1) is 25.7. The van der Waals surface area contributed by atoms with Gasteiger partial charge in [0, 0.05) is 5.02 Å². The third-order valence-electron chi connectivity index (χ3n) is 4.91. The van der Waals surface area contributed by atoms with E-state index in [1.807, 2.05) is 20.8 Å². The number of halogens is 1. The van der Waals surface area contributed by atoms with Crippen LogP contribution in [0.5, 0.6) is 5.75 Å². The standard InChI is InChI=1S/C24H25ClN4O6/c1-14(2)35-20-10-9-18(11-15(20)3)26-22-27-23(32)29(13-19(30)21(31)34-4)24(33)28(22)12-16-5-7-17(25)8-6-16/h5-11,14H,12-13H2,1-4H3,(H,26,27,32). The molecule has 10 nitrogen and oxygen atoms in total. The summed E-state index contributed by atoms with van der Waals surface area (Å²) in [6.45, 7) is 4.94. The summed E-state index contributed by atoms with van der Waals surface area (Å²) in [5.74, 6) is -1.51. The van der Waals surface area contributed by atoms with Crippen molar-refractivity contribution in [1.29, 1.82) is 0 Å². The molecule has 0 aliphatic rings. The summed E-state index contributed by atoms with van der Waals surface area (Å²) in [7, 11) is 1.04. The lowest BCUT2D eigenvalue weighted by Gasteiger charge is -2.13. The molecule has 0 atom stereocenters. The molecule has 0 unspecified atom stereocenters. The molecule has 0 amide bonds. The van der Waals surface area contributed by atoms with Gasteiger partial charge in [0.25, 0.3) is 5.78 Å². The lowest BCUT2D eigenvalue weighted by molar-refractivity contribution is -0.152. The van der Waals surface area contributed by atoms with Gasteiger partial charge in [-0.15, -0.1) is 0 Å². The molecular weight excluding hydrogens is 476 g/mol. The first-order valence-electron chi connectivity index (χ1n) is 10.7. The lowest BCUT2D eigenvalue weighted by Crippen LogP contribution is -2.51. The van der Waals surface area contributed by atoms with Crippen LogP contribution in [0.4, 0.5) is 5.69 Å². The largest absolute Gasteiger partial charge is 0.491 e. The number of nitrogens with one attached hydrogen (secondary N) is 1. The van der Waals surface area contributed by atoms with Gasteiger partial charge < -0.3 is 9.47 Å². The zero-order chi connectivity index (χ0) is 25.7. The SMILES string of the molecule is COC(=O)C(=O)Cn1c(=O)[nH]/c(=N/c2ccc(OC(C)C)c(C)c2)n(Cc2ccc(Cl)cc2)c1=O. The number of ether oxygens (including phenoxy) is 2. The first-order valence-corrected chi connectivity index (χ1v) is 11.1. The Morgan fingerprint density at radius 2 is 1.77 bits per heavy atom. The molecule has 35 heavy (non-hydrogen) atoms. The van der Waals surface area contributed by atoms with Crippen molar-refractivity contribution in [2.75, 3.05) is 7.11 Å². The summed E-state index contributed by atoms with van der Waals surface area (Å²) in [5, 5.41) is 0.519. The molecule has 3 aromatic rings. The molecule has 11 heteroatoms. The van der Waals surface area contributed by atoms with E-state index in [2.05, 4.69) is 14.7 Å². The molecular formula is C24H25ClN4O6. The Labute approximate surface area is 205 Å². The van der Waals surface area contributed by atoms with Crippen LogP contribution < -0.4 is 21.7 Å². The van der Waals surface area contributed by atoms with E-state index in [0.717, 1.165) is 12.7 Å². The topological polar surface area (TPSA) is 125 Å². The van der Waals surface area contributed by atoms with Crippen molar-refractivity contribution >= 4 is 29.0 Å². The normalized spacial score (nSPS) is 11.5.